The highest BCUT2D eigenvalue weighted by Crippen LogP contribution is 2.31. The van der Waals surface area contributed by atoms with Gasteiger partial charge in [-0.1, -0.05) is 13.8 Å². The number of aromatic amines is 1. The summed E-state index contributed by atoms with van der Waals surface area (Å²) in [6.45, 7) is 7.02. The highest BCUT2D eigenvalue weighted by Gasteiger charge is 2.31. The third-order valence-corrected chi connectivity index (χ3v) is 5.57. The van der Waals surface area contributed by atoms with Gasteiger partial charge in [0, 0.05) is 31.5 Å². The molecular weight excluding hydrogens is 286 g/mol. The van der Waals surface area contributed by atoms with Gasteiger partial charge < -0.3 is 10.3 Å². The van der Waals surface area contributed by atoms with Crippen LogP contribution in [0.15, 0.2) is 17.2 Å². The monoisotopic (exact) mass is 313 g/mol. The first kappa shape index (κ1) is 16.5. The minimum Gasteiger partial charge on any atom is -0.363 e. The van der Waals surface area contributed by atoms with Crippen LogP contribution >= 0.6 is 0 Å². The fraction of sp³-hybridized carbons (Fsp3) is 0.733. The van der Waals surface area contributed by atoms with Crippen molar-refractivity contribution in [2.75, 3.05) is 19.6 Å². The van der Waals surface area contributed by atoms with E-state index in [0.717, 1.165) is 37.9 Å². The predicted molar refractivity (Wildman–Crippen MR) is 84.6 cm³/mol. The lowest BCUT2D eigenvalue weighted by molar-refractivity contribution is 0.396. The summed E-state index contributed by atoms with van der Waals surface area (Å²) in [4.78, 5) is 3.46. The molecule has 1 aliphatic carbocycles. The van der Waals surface area contributed by atoms with Gasteiger partial charge in [-0.2, -0.15) is 4.31 Å². The Morgan fingerprint density at radius 3 is 2.71 bits per heavy atom. The maximum atomic E-state index is 12.7. The molecule has 0 atom stereocenters. The molecule has 0 saturated heterocycles. The molecule has 1 aliphatic rings. The molecule has 2 rings (SSSR count). The number of hydrogen-bond acceptors (Lipinski definition) is 3. The van der Waals surface area contributed by atoms with Crippen molar-refractivity contribution >= 4 is 10.0 Å². The van der Waals surface area contributed by atoms with Crippen LogP contribution in [0.4, 0.5) is 0 Å². The Bertz CT molecular complexity index is 535. The molecule has 0 unspecified atom stereocenters. The Morgan fingerprint density at radius 2 is 2.10 bits per heavy atom. The molecule has 1 fully saturated rings. The van der Waals surface area contributed by atoms with E-state index in [4.69, 9.17) is 0 Å². The second-order valence-corrected chi connectivity index (χ2v) is 7.78. The normalized spacial score (nSPS) is 15.8. The van der Waals surface area contributed by atoms with Crippen molar-refractivity contribution in [2.24, 2.45) is 5.92 Å². The second-order valence-electron chi connectivity index (χ2n) is 5.84. The Balaban J connectivity index is 2.05. The SMILES string of the molecule is CCCNCc1cc(S(=O)(=O)N(CCC)CC2CC2)c[nH]1. The molecule has 1 aromatic rings. The highest BCUT2D eigenvalue weighted by molar-refractivity contribution is 7.89. The molecule has 21 heavy (non-hydrogen) atoms. The summed E-state index contributed by atoms with van der Waals surface area (Å²) in [7, 11) is -3.35. The highest BCUT2D eigenvalue weighted by atomic mass is 32.2. The van der Waals surface area contributed by atoms with Crippen LogP contribution in [-0.4, -0.2) is 37.3 Å². The Hall–Kier alpha value is -0.850. The molecule has 0 bridgehead atoms. The van der Waals surface area contributed by atoms with Crippen molar-refractivity contribution in [2.45, 2.75) is 51.0 Å². The third-order valence-electron chi connectivity index (χ3n) is 3.73. The topological polar surface area (TPSA) is 65.2 Å². The van der Waals surface area contributed by atoms with Gasteiger partial charge in [0.05, 0.1) is 4.90 Å². The van der Waals surface area contributed by atoms with Gasteiger partial charge in [-0.3, -0.25) is 0 Å². The number of hydrogen-bond donors (Lipinski definition) is 2. The fourth-order valence-electron chi connectivity index (χ4n) is 2.37. The van der Waals surface area contributed by atoms with E-state index < -0.39 is 10.0 Å². The first-order valence-electron chi connectivity index (χ1n) is 7.96. The molecule has 120 valence electrons. The summed E-state index contributed by atoms with van der Waals surface area (Å²) in [5.41, 5.74) is 0.921. The van der Waals surface area contributed by atoms with Crippen LogP contribution in [0.3, 0.4) is 0 Å². The Labute approximate surface area is 128 Å². The molecule has 5 nitrogen and oxygen atoms in total. The average Bonchev–Trinajstić information content (AvgIpc) is 3.14. The zero-order valence-electron chi connectivity index (χ0n) is 13.1. The average molecular weight is 313 g/mol. The molecule has 0 amide bonds. The van der Waals surface area contributed by atoms with Gasteiger partial charge in [0.1, 0.15) is 0 Å². The summed E-state index contributed by atoms with van der Waals surface area (Å²) in [5.74, 6) is 0.566. The summed E-state index contributed by atoms with van der Waals surface area (Å²) in [5, 5.41) is 3.27. The van der Waals surface area contributed by atoms with Gasteiger partial charge in [-0.15, -0.1) is 0 Å². The summed E-state index contributed by atoms with van der Waals surface area (Å²) < 4.78 is 27.1. The van der Waals surface area contributed by atoms with Crippen LogP contribution in [-0.2, 0) is 16.6 Å². The summed E-state index contributed by atoms with van der Waals surface area (Å²) in [6.07, 6.45) is 5.86. The van der Waals surface area contributed by atoms with Crippen molar-refractivity contribution in [3.63, 3.8) is 0 Å². The number of aromatic nitrogens is 1. The van der Waals surface area contributed by atoms with Gasteiger partial charge in [0.2, 0.25) is 10.0 Å². The molecule has 6 heteroatoms. The standard InChI is InChI=1S/C15H27N3O2S/c1-3-7-16-10-14-9-15(11-17-14)21(19,20)18(8-4-2)12-13-5-6-13/h9,11,13,16-17H,3-8,10,12H2,1-2H3. The molecule has 1 aromatic heterocycles. The van der Waals surface area contributed by atoms with Gasteiger partial charge in [0.15, 0.2) is 0 Å². The Morgan fingerprint density at radius 1 is 1.33 bits per heavy atom. The maximum Gasteiger partial charge on any atom is 0.244 e. The van der Waals surface area contributed by atoms with Crippen LogP contribution in [0.5, 0.6) is 0 Å². The van der Waals surface area contributed by atoms with Crippen molar-refractivity contribution in [3.05, 3.63) is 18.0 Å². The number of nitrogens with zero attached hydrogens (tertiary/aromatic N) is 1. The van der Waals surface area contributed by atoms with Gasteiger partial charge in [0.25, 0.3) is 0 Å². The van der Waals surface area contributed by atoms with E-state index >= 15 is 0 Å². The third kappa shape index (κ3) is 4.56. The van der Waals surface area contributed by atoms with Crippen LogP contribution in [0.25, 0.3) is 0 Å². The lowest BCUT2D eigenvalue weighted by atomic mass is 10.4. The van der Waals surface area contributed by atoms with Crippen LogP contribution in [0.2, 0.25) is 0 Å². The summed E-state index contributed by atoms with van der Waals surface area (Å²) in [6, 6.07) is 1.76. The van der Waals surface area contributed by atoms with E-state index in [9.17, 15) is 8.42 Å². The lowest BCUT2D eigenvalue weighted by Gasteiger charge is -2.20. The van der Waals surface area contributed by atoms with E-state index in [2.05, 4.69) is 17.2 Å². The predicted octanol–water partition coefficient (Wildman–Crippen LogP) is 2.32. The number of H-pyrrole nitrogens is 1. The molecular formula is C15H27N3O2S. The molecule has 0 aromatic carbocycles. The number of sulfonamides is 1. The lowest BCUT2D eigenvalue weighted by Crippen LogP contribution is -2.33. The second kappa shape index (κ2) is 7.42. The maximum absolute atomic E-state index is 12.7. The molecule has 0 radical (unpaired) electrons. The summed E-state index contributed by atoms with van der Waals surface area (Å²) >= 11 is 0. The number of rotatable bonds is 10. The molecule has 1 saturated carbocycles. The van der Waals surface area contributed by atoms with Crippen molar-refractivity contribution in [1.82, 2.24) is 14.6 Å². The van der Waals surface area contributed by atoms with Gasteiger partial charge in [-0.05, 0) is 44.2 Å². The zero-order chi connectivity index (χ0) is 15.3. The largest absolute Gasteiger partial charge is 0.363 e. The smallest absolute Gasteiger partial charge is 0.244 e. The van der Waals surface area contributed by atoms with E-state index in [1.807, 2.05) is 6.92 Å². The van der Waals surface area contributed by atoms with E-state index in [1.165, 1.54) is 0 Å². The van der Waals surface area contributed by atoms with Gasteiger partial charge >= 0.3 is 0 Å². The van der Waals surface area contributed by atoms with Gasteiger partial charge in [-0.25, -0.2) is 8.42 Å². The first-order valence-corrected chi connectivity index (χ1v) is 9.40. The van der Waals surface area contributed by atoms with Crippen molar-refractivity contribution in [3.8, 4) is 0 Å². The van der Waals surface area contributed by atoms with E-state index in [0.29, 0.717) is 30.4 Å². The molecule has 1 heterocycles. The van der Waals surface area contributed by atoms with E-state index in [1.54, 1.807) is 16.6 Å². The Kier molecular flexibility index (Phi) is 5.84. The number of nitrogens with one attached hydrogen (secondary N) is 2. The first-order chi connectivity index (χ1) is 10.1. The van der Waals surface area contributed by atoms with Crippen LogP contribution < -0.4 is 5.32 Å². The fourth-order valence-corrected chi connectivity index (χ4v) is 3.99. The van der Waals surface area contributed by atoms with E-state index in [-0.39, 0.29) is 0 Å². The molecule has 0 spiro atoms. The van der Waals surface area contributed by atoms with Crippen molar-refractivity contribution < 1.29 is 8.42 Å². The zero-order valence-corrected chi connectivity index (χ0v) is 13.9. The molecule has 0 aliphatic heterocycles. The van der Waals surface area contributed by atoms with Crippen molar-refractivity contribution in [1.29, 1.82) is 0 Å². The minimum absolute atomic E-state index is 0.393. The minimum atomic E-state index is -3.35. The van der Waals surface area contributed by atoms with Crippen LogP contribution in [0.1, 0.15) is 45.2 Å². The molecule has 2 N–H and O–H groups in total. The van der Waals surface area contributed by atoms with Crippen LogP contribution in [0, 0.1) is 5.92 Å². The quantitative estimate of drug-likeness (QED) is 0.652.